The number of hydrogen-bond donors (Lipinski definition) is 1. The smallest absolute Gasteiger partial charge is 0.0992 e. The Balaban J connectivity index is 1.97. The number of hydrogen-bond acceptors (Lipinski definition) is 2. The monoisotopic (exact) mass is 314 g/mol. The first-order valence-corrected chi connectivity index (χ1v) is 6.98. The molecule has 0 saturated carbocycles. The van der Waals surface area contributed by atoms with Crippen molar-refractivity contribution in [1.82, 2.24) is 0 Å². The maximum absolute atomic E-state index is 8.82. The van der Waals surface area contributed by atoms with Gasteiger partial charge in [0.25, 0.3) is 0 Å². The first-order valence-electron chi connectivity index (χ1n) is 6.19. The van der Waals surface area contributed by atoms with Crippen LogP contribution in [-0.2, 0) is 6.42 Å². The number of rotatable bonds is 4. The molecule has 0 aliphatic carbocycles. The summed E-state index contributed by atoms with van der Waals surface area (Å²) in [5, 5.41) is 12.2. The molecule has 0 spiro atoms. The van der Waals surface area contributed by atoms with Crippen LogP contribution >= 0.6 is 15.9 Å². The number of nitriles is 1. The molecule has 1 N–H and O–H groups in total. The number of nitrogens with zero attached hydrogens (tertiary/aromatic N) is 1. The van der Waals surface area contributed by atoms with Gasteiger partial charge in [-0.05, 0) is 58.6 Å². The Hall–Kier alpha value is -1.79. The van der Waals surface area contributed by atoms with Gasteiger partial charge in [0, 0.05) is 16.7 Å². The number of anilines is 1. The average molecular weight is 315 g/mol. The van der Waals surface area contributed by atoms with Crippen molar-refractivity contribution in [3.63, 3.8) is 0 Å². The van der Waals surface area contributed by atoms with Gasteiger partial charge in [0.2, 0.25) is 0 Å². The Morgan fingerprint density at radius 3 is 2.68 bits per heavy atom. The molecule has 2 aromatic rings. The van der Waals surface area contributed by atoms with Crippen molar-refractivity contribution >= 4 is 21.6 Å². The van der Waals surface area contributed by atoms with Crippen molar-refractivity contribution in [2.24, 2.45) is 0 Å². The molecule has 0 aromatic heterocycles. The summed E-state index contributed by atoms with van der Waals surface area (Å²) in [6.45, 7) is 3.00. The summed E-state index contributed by atoms with van der Waals surface area (Å²) in [5.74, 6) is 0. The van der Waals surface area contributed by atoms with Gasteiger partial charge >= 0.3 is 0 Å². The third-order valence-electron chi connectivity index (χ3n) is 3.07. The lowest BCUT2D eigenvalue weighted by Crippen LogP contribution is -2.06. The first kappa shape index (κ1) is 13.6. The van der Waals surface area contributed by atoms with Crippen molar-refractivity contribution in [2.75, 3.05) is 11.9 Å². The quantitative estimate of drug-likeness (QED) is 0.914. The summed E-state index contributed by atoms with van der Waals surface area (Å²) < 4.78 is 0.927. The standard InChI is InChI=1S/C16H15BrN2/c1-12-4-2-3-5-14(12)8-9-19-16-7-6-13(11-18)10-15(16)17/h2-7,10,19H,8-9H2,1H3. The molecule has 2 aromatic carbocycles. The van der Waals surface area contributed by atoms with E-state index in [9.17, 15) is 0 Å². The van der Waals surface area contributed by atoms with Crippen LogP contribution in [0.1, 0.15) is 16.7 Å². The Labute approximate surface area is 122 Å². The van der Waals surface area contributed by atoms with E-state index in [-0.39, 0.29) is 0 Å². The van der Waals surface area contributed by atoms with E-state index in [2.05, 4.69) is 58.5 Å². The van der Waals surface area contributed by atoms with Crippen LogP contribution < -0.4 is 5.32 Å². The zero-order chi connectivity index (χ0) is 13.7. The van der Waals surface area contributed by atoms with E-state index >= 15 is 0 Å². The van der Waals surface area contributed by atoms with Gasteiger partial charge in [-0.25, -0.2) is 0 Å². The molecule has 0 heterocycles. The minimum Gasteiger partial charge on any atom is -0.384 e. The van der Waals surface area contributed by atoms with Crippen molar-refractivity contribution in [2.45, 2.75) is 13.3 Å². The van der Waals surface area contributed by atoms with Gasteiger partial charge in [0.15, 0.2) is 0 Å². The van der Waals surface area contributed by atoms with Crippen LogP contribution in [0, 0.1) is 18.3 Å². The van der Waals surface area contributed by atoms with Crippen LogP contribution in [0.2, 0.25) is 0 Å². The molecule has 0 radical (unpaired) electrons. The fourth-order valence-electron chi connectivity index (χ4n) is 1.95. The van der Waals surface area contributed by atoms with E-state index in [1.54, 1.807) is 0 Å². The predicted octanol–water partition coefficient (Wildman–Crippen LogP) is 4.28. The molecule has 2 rings (SSSR count). The maximum Gasteiger partial charge on any atom is 0.0992 e. The highest BCUT2D eigenvalue weighted by Crippen LogP contribution is 2.23. The Morgan fingerprint density at radius 2 is 2.00 bits per heavy atom. The van der Waals surface area contributed by atoms with E-state index < -0.39 is 0 Å². The summed E-state index contributed by atoms with van der Waals surface area (Å²) in [5.41, 5.74) is 4.37. The summed E-state index contributed by atoms with van der Waals surface area (Å²) >= 11 is 3.48. The molecule has 0 aliphatic rings. The second kappa shape index (κ2) is 6.40. The highest BCUT2D eigenvalue weighted by molar-refractivity contribution is 9.10. The Morgan fingerprint density at radius 1 is 1.21 bits per heavy atom. The summed E-state index contributed by atoms with van der Waals surface area (Å²) in [4.78, 5) is 0. The zero-order valence-corrected chi connectivity index (χ0v) is 12.4. The molecule has 96 valence electrons. The largest absolute Gasteiger partial charge is 0.384 e. The van der Waals surface area contributed by atoms with Crippen LogP contribution in [0.15, 0.2) is 46.9 Å². The fraction of sp³-hybridized carbons (Fsp3) is 0.188. The van der Waals surface area contributed by atoms with Crippen LogP contribution in [0.3, 0.4) is 0 Å². The highest BCUT2D eigenvalue weighted by atomic mass is 79.9. The maximum atomic E-state index is 8.82. The van der Waals surface area contributed by atoms with Crippen LogP contribution in [0.5, 0.6) is 0 Å². The van der Waals surface area contributed by atoms with Crippen molar-refractivity contribution in [3.05, 3.63) is 63.6 Å². The molecule has 0 amide bonds. The molecule has 0 atom stereocenters. The van der Waals surface area contributed by atoms with Crippen molar-refractivity contribution in [1.29, 1.82) is 5.26 Å². The molecule has 0 fully saturated rings. The van der Waals surface area contributed by atoms with Gasteiger partial charge in [-0.15, -0.1) is 0 Å². The van der Waals surface area contributed by atoms with E-state index in [4.69, 9.17) is 5.26 Å². The van der Waals surface area contributed by atoms with Crippen LogP contribution in [0.25, 0.3) is 0 Å². The summed E-state index contributed by atoms with van der Waals surface area (Å²) in [6.07, 6.45) is 0.985. The van der Waals surface area contributed by atoms with Gasteiger partial charge in [0.05, 0.1) is 11.6 Å². The average Bonchev–Trinajstić information content (AvgIpc) is 2.42. The first-order chi connectivity index (χ1) is 9.20. The second-order valence-corrected chi connectivity index (χ2v) is 5.26. The lowest BCUT2D eigenvalue weighted by atomic mass is 10.1. The topological polar surface area (TPSA) is 35.8 Å². The van der Waals surface area contributed by atoms with E-state index in [1.807, 2.05) is 18.2 Å². The van der Waals surface area contributed by atoms with E-state index in [1.165, 1.54) is 11.1 Å². The predicted molar refractivity (Wildman–Crippen MR) is 82.2 cm³/mol. The van der Waals surface area contributed by atoms with Crippen LogP contribution in [0.4, 0.5) is 5.69 Å². The van der Waals surface area contributed by atoms with Gasteiger partial charge in [0.1, 0.15) is 0 Å². The van der Waals surface area contributed by atoms with Crippen molar-refractivity contribution in [3.8, 4) is 6.07 Å². The molecular formula is C16H15BrN2. The summed E-state index contributed by atoms with van der Waals surface area (Å²) in [6, 6.07) is 16.1. The third-order valence-corrected chi connectivity index (χ3v) is 3.73. The molecular weight excluding hydrogens is 300 g/mol. The molecule has 0 saturated heterocycles. The third kappa shape index (κ3) is 3.59. The SMILES string of the molecule is Cc1ccccc1CCNc1ccc(C#N)cc1Br. The lowest BCUT2D eigenvalue weighted by Gasteiger charge is -2.10. The van der Waals surface area contributed by atoms with E-state index in [0.717, 1.165) is 23.1 Å². The zero-order valence-electron chi connectivity index (χ0n) is 10.8. The minimum absolute atomic E-state index is 0.663. The lowest BCUT2D eigenvalue weighted by molar-refractivity contribution is 1.00. The van der Waals surface area contributed by atoms with E-state index in [0.29, 0.717) is 5.56 Å². The van der Waals surface area contributed by atoms with Gasteiger partial charge in [-0.1, -0.05) is 24.3 Å². The molecule has 3 heteroatoms. The molecule has 2 nitrogen and oxygen atoms in total. The fourth-order valence-corrected chi connectivity index (χ4v) is 2.47. The number of aryl methyl sites for hydroxylation is 1. The minimum atomic E-state index is 0.663. The second-order valence-electron chi connectivity index (χ2n) is 4.41. The van der Waals surface area contributed by atoms with Crippen LogP contribution in [-0.4, -0.2) is 6.54 Å². The Bertz CT molecular complexity index is 614. The molecule has 0 unspecified atom stereocenters. The number of benzene rings is 2. The number of nitrogens with one attached hydrogen (secondary N) is 1. The molecule has 0 aliphatic heterocycles. The highest BCUT2D eigenvalue weighted by Gasteiger charge is 2.01. The van der Waals surface area contributed by atoms with Gasteiger partial charge in [-0.2, -0.15) is 5.26 Å². The Kier molecular flexibility index (Phi) is 4.59. The molecule has 19 heavy (non-hydrogen) atoms. The number of halogens is 1. The normalized spacial score (nSPS) is 9.95. The van der Waals surface area contributed by atoms with Crippen molar-refractivity contribution < 1.29 is 0 Å². The van der Waals surface area contributed by atoms with Gasteiger partial charge in [-0.3, -0.25) is 0 Å². The summed E-state index contributed by atoms with van der Waals surface area (Å²) in [7, 11) is 0. The molecule has 0 bridgehead atoms. The van der Waals surface area contributed by atoms with Gasteiger partial charge < -0.3 is 5.32 Å².